The molecule has 0 amide bonds. The number of hydrogen-bond acceptors (Lipinski definition) is 4. The number of nitro groups is 1. The summed E-state index contributed by atoms with van der Waals surface area (Å²) < 4.78 is 8.25. The average molecular weight is 452 g/mol. The van der Waals surface area contributed by atoms with E-state index in [9.17, 15) is 15.4 Å². The van der Waals surface area contributed by atoms with Crippen LogP contribution in [0, 0.1) is 42.2 Å². The third-order valence-corrected chi connectivity index (χ3v) is 5.86. The van der Waals surface area contributed by atoms with Crippen molar-refractivity contribution in [2.45, 2.75) is 27.3 Å². The van der Waals surface area contributed by atoms with Gasteiger partial charge < -0.3 is 9.30 Å². The Morgan fingerprint density at radius 3 is 2.38 bits per heavy atom. The fourth-order valence-corrected chi connectivity index (χ4v) is 4.29. The molecule has 4 aromatic rings. The zero-order valence-corrected chi connectivity index (χ0v) is 19.4. The summed E-state index contributed by atoms with van der Waals surface area (Å²) in [5, 5.41) is 21.8. The molecular weight excluding hydrogens is 426 g/mol. The SMILES string of the molecule is Cc1cc(C)cc(OCCn2c(C)c(/C=C(/C#N)c3ccc([N+](=O)[O-])cc3)c3ccccc32)c1. The highest BCUT2D eigenvalue weighted by molar-refractivity contribution is 5.99. The lowest BCUT2D eigenvalue weighted by Crippen LogP contribution is -2.09. The van der Waals surface area contributed by atoms with Gasteiger partial charge in [-0.3, -0.25) is 10.1 Å². The minimum atomic E-state index is -0.447. The van der Waals surface area contributed by atoms with Gasteiger partial charge in [0.2, 0.25) is 0 Å². The second-order valence-corrected chi connectivity index (χ2v) is 8.31. The molecule has 1 aromatic heterocycles. The van der Waals surface area contributed by atoms with Gasteiger partial charge in [-0.1, -0.05) is 24.3 Å². The van der Waals surface area contributed by atoms with Crippen molar-refractivity contribution in [1.82, 2.24) is 4.57 Å². The Bertz CT molecular complexity index is 1420. The third kappa shape index (κ3) is 4.69. The van der Waals surface area contributed by atoms with Crippen LogP contribution in [0.4, 0.5) is 5.69 Å². The number of aromatic nitrogens is 1. The second kappa shape index (κ2) is 9.63. The Morgan fingerprint density at radius 2 is 1.74 bits per heavy atom. The Morgan fingerprint density at radius 1 is 1.06 bits per heavy atom. The number of aryl methyl sites for hydroxylation is 2. The third-order valence-electron chi connectivity index (χ3n) is 5.86. The number of benzene rings is 3. The number of non-ortho nitro benzene ring substituents is 1. The maximum absolute atomic E-state index is 11.0. The predicted molar refractivity (Wildman–Crippen MR) is 135 cm³/mol. The van der Waals surface area contributed by atoms with Gasteiger partial charge in [0.25, 0.3) is 5.69 Å². The highest BCUT2D eigenvalue weighted by Gasteiger charge is 2.14. The summed E-state index contributed by atoms with van der Waals surface area (Å²) in [4.78, 5) is 10.5. The maximum Gasteiger partial charge on any atom is 0.269 e. The average Bonchev–Trinajstić information content (AvgIpc) is 3.07. The van der Waals surface area contributed by atoms with Gasteiger partial charge in [-0.15, -0.1) is 0 Å². The zero-order valence-electron chi connectivity index (χ0n) is 19.4. The van der Waals surface area contributed by atoms with Crippen LogP contribution in [0.1, 0.15) is 27.9 Å². The van der Waals surface area contributed by atoms with Crippen LogP contribution < -0.4 is 4.74 Å². The number of ether oxygens (including phenoxy) is 1. The Labute approximate surface area is 198 Å². The van der Waals surface area contributed by atoms with E-state index < -0.39 is 4.92 Å². The number of nitro benzene ring substituents is 1. The molecule has 0 saturated carbocycles. The normalized spacial score (nSPS) is 11.4. The molecule has 0 fully saturated rings. The molecule has 0 unspecified atom stereocenters. The summed E-state index contributed by atoms with van der Waals surface area (Å²) in [6.07, 6.45) is 1.86. The molecule has 0 aliphatic rings. The summed E-state index contributed by atoms with van der Waals surface area (Å²) in [6, 6.07) is 22.6. The van der Waals surface area contributed by atoms with Crippen LogP contribution in [0.25, 0.3) is 22.6 Å². The fraction of sp³-hybridized carbons (Fsp3) is 0.179. The van der Waals surface area contributed by atoms with Gasteiger partial charge in [0, 0.05) is 34.3 Å². The van der Waals surface area contributed by atoms with E-state index in [2.05, 4.69) is 36.6 Å². The minimum Gasteiger partial charge on any atom is -0.492 e. The van der Waals surface area contributed by atoms with E-state index in [-0.39, 0.29) is 5.69 Å². The fourth-order valence-electron chi connectivity index (χ4n) is 4.29. The predicted octanol–water partition coefficient (Wildman–Crippen LogP) is 6.62. The van der Waals surface area contributed by atoms with Crippen molar-refractivity contribution in [3.05, 3.63) is 105 Å². The number of nitrogens with zero attached hydrogens (tertiary/aromatic N) is 3. The molecular formula is C28H25N3O3. The largest absolute Gasteiger partial charge is 0.492 e. The van der Waals surface area contributed by atoms with Crippen molar-refractivity contribution < 1.29 is 9.66 Å². The molecule has 34 heavy (non-hydrogen) atoms. The van der Waals surface area contributed by atoms with Crippen molar-refractivity contribution in [3.63, 3.8) is 0 Å². The van der Waals surface area contributed by atoms with Crippen molar-refractivity contribution in [3.8, 4) is 11.8 Å². The van der Waals surface area contributed by atoms with Crippen LogP contribution in [-0.4, -0.2) is 16.1 Å². The van der Waals surface area contributed by atoms with Crippen LogP contribution in [-0.2, 0) is 6.54 Å². The molecule has 0 spiro atoms. The van der Waals surface area contributed by atoms with Gasteiger partial charge in [-0.25, -0.2) is 0 Å². The van der Waals surface area contributed by atoms with Gasteiger partial charge in [-0.2, -0.15) is 5.26 Å². The number of rotatable bonds is 7. The molecule has 1 heterocycles. The first-order valence-corrected chi connectivity index (χ1v) is 11.0. The number of hydrogen-bond donors (Lipinski definition) is 0. The number of para-hydroxylation sites is 1. The monoisotopic (exact) mass is 451 g/mol. The van der Waals surface area contributed by atoms with E-state index >= 15 is 0 Å². The van der Waals surface area contributed by atoms with Crippen LogP contribution in [0.5, 0.6) is 5.75 Å². The highest BCUT2D eigenvalue weighted by atomic mass is 16.6. The highest BCUT2D eigenvalue weighted by Crippen LogP contribution is 2.30. The molecule has 0 N–H and O–H groups in total. The summed E-state index contributed by atoms with van der Waals surface area (Å²) >= 11 is 0. The summed E-state index contributed by atoms with van der Waals surface area (Å²) in [6.45, 7) is 7.32. The zero-order chi connectivity index (χ0) is 24.2. The lowest BCUT2D eigenvalue weighted by molar-refractivity contribution is -0.384. The Balaban J connectivity index is 1.66. The summed E-state index contributed by atoms with van der Waals surface area (Å²) in [5.41, 5.74) is 6.47. The van der Waals surface area contributed by atoms with Crippen LogP contribution in [0.3, 0.4) is 0 Å². The molecule has 0 radical (unpaired) electrons. The molecule has 6 heteroatoms. The first kappa shape index (κ1) is 22.8. The summed E-state index contributed by atoms with van der Waals surface area (Å²) in [7, 11) is 0. The van der Waals surface area contributed by atoms with E-state index in [1.165, 1.54) is 23.3 Å². The quantitative estimate of drug-likeness (QED) is 0.180. The topological polar surface area (TPSA) is 81.1 Å². The molecule has 3 aromatic carbocycles. The molecule has 0 bridgehead atoms. The van der Waals surface area contributed by atoms with E-state index in [0.717, 1.165) is 27.9 Å². The molecule has 0 aliphatic heterocycles. The standard InChI is InChI=1S/C28H25N3O3/c1-19-14-20(2)16-25(15-19)34-13-12-30-21(3)27(26-6-4-5-7-28(26)30)17-23(18-29)22-8-10-24(11-9-22)31(32)33/h4-11,14-17H,12-13H2,1-3H3/b23-17-. The molecule has 0 atom stereocenters. The Hall–Kier alpha value is -4.37. The lowest BCUT2D eigenvalue weighted by atomic mass is 10.0. The van der Waals surface area contributed by atoms with Gasteiger partial charge >= 0.3 is 0 Å². The molecule has 4 rings (SSSR count). The van der Waals surface area contributed by atoms with Crippen molar-refractivity contribution in [1.29, 1.82) is 5.26 Å². The number of nitriles is 1. The lowest BCUT2D eigenvalue weighted by Gasteiger charge is -2.11. The maximum atomic E-state index is 11.0. The van der Waals surface area contributed by atoms with Gasteiger partial charge in [0.1, 0.15) is 12.4 Å². The summed E-state index contributed by atoms with van der Waals surface area (Å²) in [5.74, 6) is 0.858. The first-order valence-electron chi connectivity index (χ1n) is 11.0. The van der Waals surface area contributed by atoms with Crippen molar-refractivity contribution in [2.24, 2.45) is 0 Å². The van der Waals surface area contributed by atoms with Crippen LogP contribution in [0.15, 0.2) is 66.7 Å². The molecule has 0 aliphatic carbocycles. The van der Waals surface area contributed by atoms with Crippen LogP contribution in [0.2, 0.25) is 0 Å². The van der Waals surface area contributed by atoms with E-state index in [1.807, 2.05) is 43.3 Å². The van der Waals surface area contributed by atoms with E-state index in [1.54, 1.807) is 12.1 Å². The van der Waals surface area contributed by atoms with Gasteiger partial charge in [-0.05, 0) is 73.9 Å². The molecule has 6 nitrogen and oxygen atoms in total. The van der Waals surface area contributed by atoms with E-state index in [4.69, 9.17) is 4.74 Å². The number of allylic oxidation sites excluding steroid dienone is 1. The molecule has 0 saturated heterocycles. The smallest absolute Gasteiger partial charge is 0.269 e. The first-order chi connectivity index (χ1) is 16.4. The van der Waals surface area contributed by atoms with Gasteiger partial charge in [0.05, 0.1) is 23.1 Å². The molecule has 170 valence electrons. The minimum absolute atomic E-state index is 0.00220. The second-order valence-electron chi connectivity index (χ2n) is 8.31. The van der Waals surface area contributed by atoms with Gasteiger partial charge in [0.15, 0.2) is 0 Å². The van der Waals surface area contributed by atoms with E-state index in [0.29, 0.717) is 24.3 Å². The Kier molecular flexibility index (Phi) is 6.46. The van der Waals surface area contributed by atoms with Crippen molar-refractivity contribution >= 4 is 28.2 Å². The van der Waals surface area contributed by atoms with Crippen LogP contribution >= 0.6 is 0 Å². The number of fused-ring (bicyclic) bond motifs is 1. The van der Waals surface area contributed by atoms with Crippen molar-refractivity contribution in [2.75, 3.05) is 6.61 Å².